The summed E-state index contributed by atoms with van der Waals surface area (Å²) in [5, 5.41) is 44.5. The summed E-state index contributed by atoms with van der Waals surface area (Å²) in [6.07, 6.45) is 0. The maximum atomic E-state index is 11.9. The second-order valence-electron chi connectivity index (χ2n) is 7.26. The normalized spacial score (nSPS) is 10.9. The summed E-state index contributed by atoms with van der Waals surface area (Å²) in [7, 11) is 0. The summed E-state index contributed by atoms with van der Waals surface area (Å²) < 4.78 is 5.07. The molecule has 19 nitrogen and oxygen atoms in total. The number of nitrogens with zero attached hydrogens (tertiary/aromatic N) is 3. The second-order valence-corrected chi connectivity index (χ2v) is 7.26. The first-order valence-corrected chi connectivity index (χ1v) is 9.74. The number of furan rings is 1. The van der Waals surface area contributed by atoms with Crippen molar-refractivity contribution in [3.8, 4) is 5.75 Å². The molecular weight excluding hydrogens is 504 g/mol. The molecule has 1 aromatic carbocycles. The standard InChI is InChI=1S/C12H17N5O4.C6H3N3O7/c1-5(2)8(9(13)18)16-10(19)6-3-4-7(21-6)11(20)17-12(14)15;10-6-4(8(13)14)1-3(7(11)12)2-5(6)9(15)16/h3-5,8H,1-2H3,(H2,13,18)(H,16,19)(H4,14,15,17,20);1-2,10H/t8-;/m0./s1. The van der Waals surface area contributed by atoms with Crippen LogP contribution in [0.5, 0.6) is 5.75 Å². The molecule has 0 bridgehead atoms. The Morgan fingerprint density at radius 1 is 0.919 bits per heavy atom. The molecule has 0 radical (unpaired) electrons. The molecule has 0 aliphatic heterocycles. The first-order chi connectivity index (χ1) is 17.1. The average molecular weight is 524 g/mol. The Balaban J connectivity index is 0.000000384. The molecule has 1 atom stereocenters. The third kappa shape index (κ3) is 7.98. The van der Waals surface area contributed by atoms with Gasteiger partial charge in [-0.15, -0.1) is 0 Å². The molecule has 0 saturated heterocycles. The molecule has 0 spiro atoms. The van der Waals surface area contributed by atoms with Crippen molar-refractivity contribution in [1.29, 1.82) is 0 Å². The summed E-state index contributed by atoms with van der Waals surface area (Å²) in [6, 6.07) is 2.50. The fraction of sp³-hybridized carbons (Fsp3) is 0.222. The van der Waals surface area contributed by atoms with Gasteiger partial charge >= 0.3 is 11.9 Å². The molecule has 0 aliphatic rings. The molecule has 2 aromatic rings. The van der Waals surface area contributed by atoms with Gasteiger partial charge < -0.3 is 20.6 Å². The highest BCUT2D eigenvalue weighted by molar-refractivity contribution is 5.96. The number of hydrogen-bond acceptors (Lipinski definition) is 11. The van der Waals surface area contributed by atoms with Crippen molar-refractivity contribution in [3.05, 3.63) is 66.1 Å². The van der Waals surface area contributed by atoms with Crippen molar-refractivity contribution in [2.24, 2.45) is 23.1 Å². The lowest BCUT2D eigenvalue weighted by atomic mass is 10.0. The maximum absolute atomic E-state index is 11.9. The van der Waals surface area contributed by atoms with E-state index in [9.17, 15) is 49.8 Å². The van der Waals surface area contributed by atoms with Crippen LogP contribution in [0, 0.1) is 36.3 Å². The van der Waals surface area contributed by atoms with E-state index in [1.165, 1.54) is 12.1 Å². The summed E-state index contributed by atoms with van der Waals surface area (Å²) in [6.45, 7) is 3.47. The summed E-state index contributed by atoms with van der Waals surface area (Å²) in [5.41, 5.74) is 12.2. The summed E-state index contributed by atoms with van der Waals surface area (Å²) >= 11 is 0. The second kappa shape index (κ2) is 12.2. The van der Waals surface area contributed by atoms with Gasteiger partial charge in [0.1, 0.15) is 6.04 Å². The Bertz CT molecular complexity index is 1250. The highest BCUT2D eigenvalue weighted by Crippen LogP contribution is 2.36. The number of nitrogens with one attached hydrogen (secondary N) is 2. The Labute approximate surface area is 205 Å². The van der Waals surface area contributed by atoms with Gasteiger partial charge in [-0.25, -0.2) is 9.79 Å². The highest BCUT2D eigenvalue weighted by atomic mass is 16.6. The number of nitro benzene ring substituents is 3. The van der Waals surface area contributed by atoms with Gasteiger partial charge in [0.2, 0.25) is 11.7 Å². The number of hydrogen-bond donors (Lipinski definition) is 5. The van der Waals surface area contributed by atoms with Crippen molar-refractivity contribution >= 4 is 40.7 Å². The van der Waals surface area contributed by atoms with E-state index in [-0.39, 0.29) is 23.4 Å². The Morgan fingerprint density at radius 2 is 1.41 bits per heavy atom. The molecular formula is C18H20N8O11. The maximum Gasteiger partial charge on any atom is 0.349 e. The number of guanidine groups is 1. The molecule has 19 heteroatoms. The number of carbonyl (C=O) groups excluding carboxylic acids is 3. The summed E-state index contributed by atoms with van der Waals surface area (Å²) in [5.74, 6) is -4.22. The van der Waals surface area contributed by atoms with Crippen LogP contribution < -0.4 is 32.6 Å². The fourth-order valence-electron chi connectivity index (χ4n) is 2.51. The van der Waals surface area contributed by atoms with Gasteiger partial charge in [0.05, 0.1) is 32.7 Å². The van der Waals surface area contributed by atoms with Crippen LogP contribution in [0.25, 0.3) is 0 Å². The predicted molar refractivity (Wildman–Crippen MR) is 119 cm³/mol. The van der Waals surface area contributed by atoms with Crippen LogP contribution in [0.15, 0.2) is 28.7 Å². The molecule has 3 amide bonds. The average Bonchev–Trinajstić information content (AvgIpc) is 3.27. The van der Waals surface area contributed by atoms with Gasteiger partial charge in [-0.05, 0) is 18.1 Å². The van der Waals surface area contributed by atoms with Crippen LogP contribution in [0.1, 0.15) is 35.0 Å². The van der Waals surface area contributed by atoms with Gasteiger partial charge in [0.25, 0.3) is 23.0 Å². The monoisotopic (exact) mass is 524 g/mol. The first kappa shape index (κ1) is 29.4. The number of nitrogens with two attached hydrogens (primary N) is 3. The third-order valence-corrected chi connectivity index (χ3v) is 4.21. The fourth-order valence-corrected chi connectivity index (χ4v) is 2.51. The Hall–Kier alpha value is -5.62. The molecule has 0 unspecified atom stereocenters. The molecule has 0 aliphatic carbocycles. The minimum absolute atomic E-state index is 0.136. The number of benzene rings is 1. The van der Waals surface area contributed by atoms with E-state index in [1.807, 2.05) is 0 Å². The lowest BCUT2D eigenvalue weighted by Crippen LogP contribution is -2.81. The van der Waals surface area contributed by atoms with Crippen molar-refractivity contribution in [3.63, 3.8) is 0 Å². The van der Waals surface area contributed by atoms with Crippen LogP contribution in [0.2, 0.25) is 0 Å². The van der Waals surface area contributed by atoms with Crippen molar-refractivity contribution in [2.45, 2.75) is 19.9 Å². The lowest BCUT2D eigenvalue weighted by molar-refractivity contribution is -0.420. The van der Waals surface area contributed by atoms with E-state index >= 15 is 0 Å². The minimum atomic E-state index is -1.46. The molecule has 0 fully saturated rings. The van der Waals surface area contributed by atoms with Gasteiger partial charge in [0, 0.05) is 0 Å². The predicted octanol–water partition coefficient (Wildman–Crippen LogP) is -2.50. The van der Waals surface area contributed by atoms with Crippen molar-refractivity contribution < 1.29 is 43.7 Å². The van der Waals surface area contributed by atoms with Crippen LogP contribution >= 0.6 is 0 Å². The van der Waals surface area contributed by atoms with E-state index in [0.29, 0.717) is 12.1 Å². The zero-order valence-corrected chi connectivity index (χ0v) is 19.0. The number of rotatable bonds is 8. The highest BCUT2D eigenvalue weighted by Gasteiger charge is 2.25. The third-order valence-electron chi connectivity index (χ3n) is 4.21. The largest absolute Gasteiger partial charge is 0.863 e. The number of non-ortho nitro benzene ring substituents is 1. The zero-order valence-electron chi connectivity index (χ0n) is 19.0. The number of carbonyl (C=O) groups is 3. The lowest BCUT2D eigenvalue weighted by Gasteiger charge is -2.17. The Morgan fingerprint density at radius 3 is 1.78 bits per heavy atom. The minimum Gasteiger partial charge on any atom is -0.863 e. The van der Waals surface area contributed by atoms with Gasteiger partial charge in [-0.2, -0.15) is 0 Å². The van der Waals surface area contributed by atoms with Crippen LogP contribution in [-0.4, -0.2) is 44.5 Å². The quantitative estimate of drug-likeness (QED) is 0.103. The van der Waals surface area contributed by atoms with Crippen molar-refractivity contribution in [2.75, 3.05) is 0 Å². The Kier molecular flexibility index (Phi) is 9.69. The van der Waals surface area contributed by atoms with E-state index < -0.39 is 61.3 Å². The van der Waals surface area contributed by atoms with Gasteiger partial charge in [0.15, 0.2) is 5.76 Å². The van der Waals surface area contributed by atoms with E-state index in [1.54, 1.807) is 13.8 Å². The molecule has 37 heavy (non-hydrogen) atoms. The van der Waals surface area contributed by atoms with E-state index in [2.05, 4.69) is 10.3 Å². The van der Waals surface area contributed by atoms with E-state index in [4.69, 9.17) is 21.6 Å². The molecule has 0 saturated carbocycles. The first-order valence-electron chi connectivity index (χ1n) is 9.74. The smallest absolute Gasteiger partial charge is 0.349 e. The van der Waals surface area contributed by atoms with E-state index in [0.717, 1.165) is 0 Å². The molecule has 1 heterocycles. The number of nitro groups is 3. The number of primary amides is 1. The number of amides is 3. The van der Waals surface area contributed by atoms with Gasteiger partial charge in [-0.1, -0.05) is 13.8 Å². The molecule has 198 valence electrons. The van der Waals surface area contributed by atoms with Crippen LogP contribution in [-0.2, 0) is 4.79 Å². The molecule has 8 N–H and O–H groups in total. The molecule has 2 rings (SSSR count). The topological polar surface area (TPSA) is 321 Å². The molecule has 1 aromatic heterocycles. The zero-order chi connectivity index (χ0) is 28.6. The van der Waals surface area contributed by atoms with Crippen LogP contribution in [0.4, 0.5) is 17.1 Å². The van der Waals surface area contributed by atoms with Gasteiger partial charge in [-0.3, -0.25) is 51.4 Å². The van der Waals surface area contributed by atoms with Crippen LogP contribution in [0.3, 0.4) is 0 Å². The summed E-state index contributed by atoms with van der Waals surface area (Å²) in [4.78, 5) is 64.3. The van der Waals surface area contributed by atoms with Crippen molar-refractivity contribution in [1.82, 2.24) is 5.32 Å². The SMILES string of the molecule is CC(C)[C@H](NC(=O)c1ccc(C(=O)[NH+]=C(N)N)o1)C(N)=O.O=[N+]([O-])c1cc([N+](=O)[O-])c([O-])c([N+](=O)[O-])c1.